The summed E-state index contributed by atoms with van der Waals surface area (Å²) in [7, 11) is -3.99. The number of benzene rings is 3. The van der Waals surface area contributed by atoms with Gasteiger partial charge in [0.25, 0.3) is 11.6 Å². The van der Waals surface area contributed by atoms with E-state index in [0.717, 1.165) is 47.5 Å². The minimum Gasteiger partial charge on any atom is -0.326 e. The quantitative estimate of drug-likeness (QED) is 0.228. The number of thiazole rings is 1. The van der Waals surface area contributed by atoms with Crippen molar-refractivity contribution in [2.75, 3.05) is 22.1 Å². The van der Waals surface area contributed by atoms with Gasteiger partial charge in [0.15, 0.2) is 5.13 Å². The highest BCUT2D eigenvalue weighted by Gasteiger charge is 2.35. The van der Waals surface area contributed by atoms with Crippen LogP contribution in [-0.4, -0.2) is 42.6 Å². The predicted molar refractivity (Wildman–Crippen MR) is 151 cm³/mol. The molecule has 1 saturated heterocycles. The van der Waals surface area contributed by atoms with E-state index in [9.17, 15) is 32.9 Å². The lowest BCUT2D eigenvalue weighted by atomic mass is 10.1. The second-order valence-corrected chi connectivity index (χ2v) is 12.2. The molecule has 0 saturated carbocycles. The van der Waals surface area contributed by atoms with E-state index in [1.807, 2.05) is 30.3 Å². The average Bonchev–Trinajstić information content (AvgIpc) is 3.61. The molecule has 0 bridgehead atoms. The van der Waals surface area contributed by atoms with Crippen LogP contribution in [0.4, 0.5) is 22.2 Å². The molecule has 0 spiro atoms. The largest absolute Gasteiger partial charge is 0.326 e. The number of carbonyl (C=O) groups excluding carboxylic acids is 3. The van der Waals surface area contributed by atoms with Crippen molar-refractivity contribution < 1.29 is 27.7 Å². The number of para-hydroxylation sites is 1. The highest BCUT2D eigenvalue weighted by Crippen LogP contribution is 2.30. The number of amides is 3. The molecule has 0 radical (unpaired) electrons. The second-order valence-electron chi connectivity index (χ2n) is 9.00. The van der Waals surface area contributed by atoms with Crippen LogP contribution in [0.25, 0.3) is 0 Å². The van der Waals surface area contributed by atoms with E-state index in [1.54, 1.807) is 17.0 Å². The molecule has 1 aliphatic heterocycles. The summed E-state index contributed by atoms with van der Waals surface area (Å²) in [4.78, 5) is 53.5. The average molecular weight is 592 g/mol. The standard InChI is InChI=1S/C27H21N5O7S2/c33-23-14-18(16-31(23)20-4-2-1-3-5-20)26(35)29-19-8-6-17(7-9-19)25(34)30-27-28-15-24(40-27)41(38,39)22-12-10-21(11-13-22)32(36)37/h1-13,15,18H,14,16H2,(H,29,35)(H,28,30,34). The maximum Gasteiger partial charge on any atom is 0.269 e. The van der Waals surface area contributed by atoms with Gasteiger partial charge in [-0.2, -0.15) is 0 Å². The van der Waals surface area contributed by atoms with E-state index < -0.39 is 26.6 Å². The minimum atomic E-state index is -3.99. The van der Waals surface area contributed by atoms with Crippen LogP contribution in [-0.2, 0) is 19.4 Å². The molecule has 12 nitrogen and oxygen atoms in total. The summed E-state index contributed by atoms with van der Waals surface area (Å²) >= 11 is 0.739. The fourth-order valence-corrected chi connectivity index (χ4v) is 6.59. The molecule has 4 aromatic rings. The van der Waals surface area contributed by atoms with Crippen LogP contribution in [0.5, 0.6) is 0 Å². The Labute approximate surface area is 237 Å². The fourth-order valence-electron chi connectivity index (χ4n) is 4.16. The zero-order chi connectivity index (χ0) is 29.1. The summed E-state index contributed by atoms with van der Waals surface area (Å²) in [5, 5.41) is 16.2. The first-order valence-electron chi connectivity index (χ1n) is 12.1. The summed E-state index contributed by atoms with van der Waals surface area (Å²) in [6, 6.07) is 19.6. The number of carbonyl (C=O) groups is 3. The molecule has 1 aliphatic rings. The van der Waals surface area contributed by atoms with Crippen LogP contribution in [0.1, 0.15) is 16.8 Å². The van der Waals surface area contributed by atoms with Gasteiger partial charge in [0.2, 0.25) is 21.7 Å². The van der Waals surface area contributed by atoms with E-state index in [-0.39, 0.29) is 50.3 Å². The molecule has 41 heavy (non-hydrogen) atoms. The number of non-ortho nitro benzene ring substituents is 1. The number of sulfone groups is 1. The monoisotopic (exact) mass is 591 g/mol. The Hall–Kier alpha value is -4.95. The highest BCUT2D eigenvalue weighted by atomic mass is 32.2. The van der Waals surface area contributed by atoms with E-state index in [0.29, 0.717) is 5.69 Å². The van der Waals surface area contributed by atoms with Gasteiger partial charge in [-0.15, -0.1) is 0 Å². The van der Waals surface area contributed by atoms with Crippen LogP contribution >= 0.6 is 11.3 Å². The molecule has 5 rings (SSSR count). The lowest BCUT2D eigenvalue weighted by Crippen LogP contribution is -2.28. The predicted octanol–water partition coefficient (Wildman–Crippen LogP) is 4.13. The van der Waals surface area contributed by atoms with Crippen LogP contribution in [0.15, 0.2) is 94.2 Å². The molecule has 1 atom stereocenters. The number of nitrogens with zero attached hydrogens (tertiary/aromatic N) is 3. The lowest BCUT2D eigenvalue weighted by Gasteiger charge is -2.16. The number of nitrogens with one attached hydrogen (secondary N) is 2. The summed E-state index contributed by atoms with van der Waals surface area (Å²) in [6.45, 7) is 0.269. The van der Waals surface area contributed by atoms with Crippen LogP contribution in [0.3, 0.4) is 0 Å². The summed E-state index contributed by atoms with van der Waals surface area (Å²) in [5.74, 6) is -1.50. The molecule has 2 heterocycles. The smallest absolute Gasteiger partial charge is 0.269 e. The van der Waals surface area contributed by atoms with Crippen molar-refractivity contribution in [1.82, 2.24) is 4.98 Å². The van der Waals surface area contributed by atoms with Crippen LogP contribution < -0.4 is 15.5 Å². The van der Waals surface area contributed by atoms with E-state index in [4.69, 9.17) is 0 Å². The fraction of sp³-hybridized carbons (Fsp3) is 0.111. The molecule has 1 fully saturated rings. The first kappa shape index (κ1) is 27.6. The molecule has 3 amide bonds. The zero-order valence-electron chi connectivity index (χ0n) is 21.1. The molecular weight excluding hydrogens is 570 g/mol. The highest BCUT2D eigenvalue weighted by molar-refractivity contribution is 7.93. The van der Waals surface area contributed by atoms with Gasteiger partial charge in [-0.25, -0.2) is 13.4 Å². The molecular formula is C27H21N5O7S2. The Morgan fingerprint density at radius 1 is 0.976 bits per heavy atom. The maximum atomic E-state index is 12.8. The van der Waals surface area contributed by atoms with Gasteiger partial charge in [-0.1, -0.05) is 29.5 Å². The number of rotatable bonds is 8. The van der Waals surface area contributed by atoms with Gasteiger partial charge < -0.3 is 10.2 Å². The minimum absolute atomic E-state index is 0.0433. The third-order valence-electron chi connectivity index (χ3n) is 6.31. The van der Waals surface area contributed by atoms with E-state index in [2.05, 4.69) is 15.6 Å². The first-order valence-corrected chi connectivity index (χ1v) is 14.4. The molecule has 2 N–H and O–H groups in total. The van der Waals surface area contributed by atoms with Crippen molar-refractivity contribution in [1.29, 1.82) is 0 Å². The molecule has 0 aliphatic carbocycles. The third kappa shape index (κ3) is 5.97. The number of nitro groups is 1. The SMILES string of the molecule is O=C(Nc1ncc(S(=O)(=O)c2ccc([N+](=O)[O-])cc2)s1)c1ccc(NC(=O)C2CC(=O)N(c3ccccc3)C2)cc1. The Balaban J connectivity index is 1.19. The van der Waals surface area contributed by atoms with Crippen molar-refractivity contribution in [3.63, 3.8) is 0 Å². The Morgan fingerprint density at radius 2 is 1.66 bits per heavy atom. The lowest BCUT2D eigenvalue weighted by molar-refractivity contribution is -0.384. The van der Waals surface area contributed by atoms with Crippen LogP contribution in [0, 0.1) is 16.0 Å². The van der Waals surface area contributed by atoms with Crippen molar-refractivity contribution >= 4 is 61.1 Å². The zero-order valence-corrected chi connectivity index (χ0v) is 22.7. The number of anilines is 3. The number of aromatic nitrogens is 1. The molecule has 1 aromatic heterocycles. The van der Waals surface area contributed by atoms with Gasteiger partial charge in [0.05, 0.1) is 21.9 Å². The molecule has 3 aromatic carbocycles. The normalized spacial score (nSPS) is 15.0. The number of hydrogen-bond donors (Lipinski definition) is 2. The van der Waals surface area contributed by atoms with Gasteiger partial charge in [-0.3, -0.25) is 29.8 Å². The van der Waals surface area contributed by atoms with Gasteiger partial charge in [0.1, 0.15) is 4.21 Å². The number of hydrogen-bond acceptors (Lipinski definition) is 9. The topological polar surface area (TPSA) is 169 Å². The van der Waals surface area contributed by atoms with Gasteiger partial charge in [-0.05, 0) is 48.5 Å². The number of nitro benzene ring substituents is 1. The van der Waals surface area contributed by atoms with Crippen molar-refractivity contribution in [2.24, 2.45) is 5.92 Å². The summed E-state index contributed by atoms with van der Waals surface area (Å²) < 4.78 is 25.5. The third-order valence-corrected chi connectivity index (χ3v) is 9.45. The van der Waals surface area contributed by atoms with Crippen molar-refractivity contribution in [2.45, 2.75) is 15.5 Å². The Morgan fingerprint density at radius 3 is 2.32 bits per heavy atom. The molecule has 1 unspecified atom stereocenters. The maximum absolute atomic E-state index is 12.8. The van der Waals surface area contributed by atoms with Crippen LogP contribution in [0.2, 0.25) is 0 Å². The summed E-state index contributed by atoms with van der Waals surface area (Å²) in [6.07, 6.45) is 1.19. The van der Waals surface area contributed by atoms with Gasteiger partial charge >= 0.3 is 0 Å². The molecule has 14 heteroatoms. The van der Waals surface area contributed by atoms with Gasteiger partial charge in [0, 0.05) is 42.0 Å². The second kappa shape index (κ2) is 11.3. The van der Waals surface area contributed by atoms with E-state index in [1.165, 1.54) is 12.1 Å². The first-order chi connectivity index (χ1) is 19.6. The van der Waals surface area contributed by atoms with E-state index >= 15 is 0 Å². The molecule has 208 valence electrons. The van der Waals surface area contributed by atoms with Crippen molar-refractivity contribution in [3.05, 3.63) is 101 Å². The Kier molecular flexibility index (Phi) is 7.59. The summed E-state index contributed by atoms with van der Waals surface area (Å²) in [5.41, 5.74) is 1.18. The van der Waals surface area contributed by atoms with Crippen molar-refractivity contribution in [3.8, 4) is 0 Å². The Bertz CT molecular complexity index is 1740.